The van der Waals surface area contributed by atoms with Crippen LogP contribution in [-0.2, 0) is 20.4 Å². The van der Waals surface area contributed by atoms with Crippen LogP contribution in [0.15, 0.2) is 30.9 Å². The summed E-state index contributed by atoms with van der Waals surface area (Å²) in [5.74, 6) is -0.963. The number of hydrogen-bond donors (Lipinski definition) is 1. The van der Waals surface area contributed by atoms with Crippen LogP contribution in [0, 0.1) is 0 Å². The molecule has 0 atom stereocenters. The molecular weight excluding hydrogens is 439 g/mol. The molecule has 1 N–H and O–H groups in total. The summed E-state index contributed by atoms with van der Waals surface area (Å²) in [6.45, 7) is 7.91. The van der Waals surface area contributed by atoms with Crippen molar-refractivity contribution in [2.45, 2.75) is 51.1 Å². The van der Waals surface area contributed by atoms with Crippen LogP contribution in [0.1, 0.15) is 66.4 Å². The number of carbonyl (C=O) groups excluding carboxylic acids is 2. The molecule has 0 saturated carbocycles. The van der Waals surface area contributed by atoms with Gasteiger partial charge >= 0.3 is 12.1 Å². The molecule has 33 heavy (non-hydrogen) atoms. The number of likely N-dealkylation sites (tertiary alicyclic amines) is 1. The highest BCUT2D eigenvalue weighted by Crippen LogP contribution is 2.36. The Morgan fingerprint density at radius 1 is 1.27 bits per heavy atom. The van der Waals surface area contributed by atoms with E-state index in [1.807, 2.05) is 6.92 Å². The maximum Gasteiger partial charge on any atom is 0.417 e. The highest BCUT2D eigenvalue weighted by atomic mass is 19.4. The SMILES string of the molecule is C=CCOCCCO.CCCC(=O)N1CCC(c2ccc(C(=O)OC)c(C(F)(F)F)c2)CC1. The van der Waals surface area contributed by atoms with E-state index in [2.05, 4.69) is 11.3 Å². The van der Waals surface area contributed by atoms with E-state index in [0.29, 0.717) is 57.6 Å². The van der Waals surface area contributed by atoms with Crippen molar-refractivity contribution in [3.05, 3.63) is 47.5 Å². The number of hydrogen-bond acceptors (Lipinski definition) is 5. The summed E-state index contributed by atoms with van der Waals surface area (Å²) < 4.78 is 49.2. The second-order valence-corrected chi connectivity index (χ2v) is 7.64. The Hall–Kier alpha value is -2.39. The average molecular weight is 474 g/mol. The highest BCUT2D eigenvalue weighted by molar-refractivity contribution is 5.91. The normalized spacial score (nSPS) is 14.3. The summed E-state index contributed by atoms with van der Waals surface area (Å²) in [6.07, 6.45) is 0.288. The number of aliphatic hydroxyl groups excluding tert-OH is 1. The fraction of sp³-hybridized carbons (Fsp3) is 0.583. The van der Waals surface area contributed by atoms with Crippen molar-refractivity contribution in [3.63, 3.8) is 0 Å². The van der Waals surface area contributed by atoms with Crippen LogP contribution >= 0.6 is 0 Å². The van der Waals surface area contributed by atoms with Crippen LogP contribution in [0.5, 0.6) is 0 Å². The van der Waals surface area contributed by atoms with Crippen LogP contribution in [0.25, 0.3) is 0 Å². The van der Waals surface area contributed by atoms with Gasteiger partial charge in [-0.25, -0.2) is 4.79 Å². The van der Waals surface area contributed by atoms with E-state index in [-0.39, 0.29) is 18.4 Å². The number of nitrogens with zero attached hydrogens (tertiary/aromatic N) is 1. The van der Waals surface area contributed by atoms with Crippen molar-refractivity contribution < 1.29 is 37.3 Å². The molecule has 0 aliphatic carbocycles. The van der Waals surface area contributed by atoms with Crippen LogP contribution < -0.4 is 0 Å². The monoisotopic (exact) mass is 473 g/mol. The van der Waals surface area contributed by atoms with Gasteiger partial charge in [0.1, 0.15) is 0 Å². The maximum absolute atomic E-state index is 13.3. The van der Waals surface area contributed by atoms with Crippen molar-refractivity contribution >= 4 is 11.9 Å². The Morgan fingerprint density at radius 3 is 2.45 bits per heavy atom. The number of ether oxygens (including phenoxy) is 2. The van der Waals surface area contributed by atoms with Gasteiger partial charge in [-0.2, -0.15) is 13.2 Å². The lowest BCUT2D eigenvalue weighted by atomic mass is 9.87. The molecule has 1 aliphatic rings. The van der Waals surface area contributed by atoms with E-state index in [1.54, 1.807) is 17.0 Å². The Morgan fingerprint density at radius 2 is 1.94 bits per heavy atom. The Labute approximate surface area is 193 Å². The van der Waals surface area contributed by atoms with Gasteiger partial charge in [0.15, 0.2) is 0 Å². The molecule has 0 radical (unpaired) electrons. The zero-order valence-corrected chi connectivity index (χ0v) is 19.3. The summed E-state index contributed by atoms with van der Waals surface area (Å²) in [6, 6.07) is 3.77. The van der Waals surface area contributed by atoms with Gasteiger partial charge in [-0.05, 0) is 49.3 Å². The smallest absolute Gasteiger partial charge is 0.417 e. The van der Waals surface area contributed by atoms with Gasteiger partial charge in [0, 0.05) is 32.7 Å². The number of benzene rings is 1. The molecule has 1 aromatic rings. The maximum atomic E-state index is 13.3. The summed E-state index contributed by atoms with van der Waals surface area (Å²) in [7, 11) is 1.05. The number of methoxy groups -OCH3 is 1. The molecule has 1 aromatic carbocycles. The first kappa shape index (κ1) is 28.6. The first-order valence-electron chi connectivity index (χ1n) is 11.1. The third-order valence-electron chi connectivity index (χ3n) is 5.22. The fourth-order valence-electron chi connectivity index (χ4n) is 3.51. The number of amides is 1. The van der Waals surface area contributed by atoms with Gasteiger partial charge in [0.25, 0.3) is 0 Å². The number of halogens is 3. The van der Waals surface area contributed by atoms with Crippen molar-refractivity contribution in [2.75, 3.05) is 40.0 Å². The lowest BCUT2D eigenvalue weighted by Crippen LogP contribution is -2.37. The van der Waals surface area contributed by atoms with E-state index >= 15 is 0 Å². The highest BCUT2D eigenvalue weighted by Gasteiger charge is 2.36. The molecule has 1 heterocycles. The molecular formula is C24H34F3NO5. The van der Waals surface area contributed by atoms with Crippen LogP contribution in [-0.4, -0.2) is 61.9 Å². The molecule has 9 heteroatoms. The minimum atomic E-state index is -4.63. The number of piperidine rings is 1. The number of rotatable bonds is 9. The van der Waals surface area contributed by atoms with E-state index in [0.717, 1.165) is 19.6 Å². The Balaban J connectivity index is 0.000000582. The molecule has 2 rings (SSSR count). The molecule has 0 spiro atoms. The van der Waals surface area contributed by atoms with Crippen molar-refractivity contribution in [1.29, 1.82) is 0 Å². The van der Waals surface area contributed by atoms with Crippen LogP contribution in [0.2, 0.25) is 0 Å². The van der Waals surface area contributed by atoms with E-state index in [1.165, 1.54) is 6.07 Å². The fourth-order valence-corrected chi connectivity index (χ4v) is 3.51. The summed E-state index contributed by atoms with van der Waals surface area (Å²) in [5, 5.41) is 8.26. The molecule has 1 amide bonds. The zero-order chi connectivity index (χ0) is 24.9. The number of carbonyl (C=O) groups is 2. The molecule has 1 fully saturated rings. The minimum absolute atomic E-state index is 0.0570. The van der Waals surface area contributed by atoms with Crippen molar-refractivity contribution in [1.82, 2.24) is 4.90 Å². The van der Waals surface area contributed by atoms with E-state index in [4.69, 9.17) is 9.84 Å². The Kier molecular flexibility index (Phi) is 12.8. The topological polar surface area (TPSA) is 76.1 Å². The molecule has 0 unspecified atom stereocenters. The van der Waals surface area contributed by atoms with Gasteiger partial charge in [0.2, 0.25) is 5.91 Å². The first-order valence-corrected chi connectivity index (χ1v) is 11.1. The van der Waals surface area contributed by atoms with Crippen molar-refractivity contribution in [2.24, 2.45) is 0 Å². The second kappa shape index (κ2) is 14.7. The van der Waals surface area contributed by atoms with E-state index in [9.17, 15) is 22.8 Å². The molecule has 6 nitrogen and oxygen atoms in total. The number of alkyl halides is 3. The van der Waals surface area contributed by atoms with Gasteiger partial charge < -0.3 is 19.5 Å². The summed E-state index contributed by atoms with van der Waals surface area (Å²) in [5.41, 5.74) is -0.904. The van der Waals surface area contributed by atoms with Gasteiger partial charge in [0.05, 0.1) is 24.8 Å². The Bertz CT molecular complexity index is 759. The lowest BCUT2D eigenvalue weighted by molar-refractivity contribution is -0.138. The zero-order valence-electron chi connectivity index (χ0n) is 19.3. The van der Waals surface area contributed by atoms with Gasteiger partial charge in [-0.1, -0.05) is 19.1 Å². The summed E-state index contributed by atoms with van der Waals surface area (Å²) in [4.78, 5) is 25.3. The number of aliphatic hydroxyl groups is 1. The molecule has 1 saturated heterocycles. The van der Waals surface area contributed by atoms with E-state index < -0.39 is 23.3 Å². The third-order valence-corrected chi connectivity index (χ3v) is 5.22. The second-order valence-electron chi connectivity index (χ2n) is 7.64. The third kappa shape index (κ3) is 9.55. The average Bonchev–Trinajstić information content (AvgIpc) is 2.81. The van der Waals surface area contributed by atoms with Gasteiger partial charge in [-0.15, -0.1) is 6.58 Å². The predicted molar refractivity (Wildman–Crippen MR) is 119 cm³/mol. The standard InChI is InChI=1S/C18H22F3NO3.C6H12O2/c1-3-4-16(23)22-9-7-12(8-10-22)13-5-6-14(17(24)25-2)15(11-13)18(19,20)21;1-2-5-8-6-3-4-7/h5-6,11-12H,3-4,7-10H2,1-2H3;2,7H,1,3-6H2. The van der Waals surface area contributed by atoms with Gasteiger partial charge in [-0.3, -0.25) is 4.79 Å². The molecule has 0 bridgehead atoms. The van der Waals surface area contributed by atoms with Crippen LogP contribution in [0.4, 0.5) is 13.2 Å². The van der Waals surface area contributed by atoms with Crippen LogP contribution in [0.3, 0.4) is 0 Å². The quantitative estimate of drug-likeness (QED) is 0.323. The molecule has 0 aromatic heterocycles. The predicted octanol–water partition coefficient (Wildman–Crippen LogP) is 4.57. The first-order chi connectivity index (χ1) is 15.7. The molecule has 1 aliphatic heterocycles. The number of esters is 1. The lowest BCUT2D eigenvalue weighted by Gasteiger charge is -2.32. The largest absolute Gasteiger partial charge is 0.465 e. The minimum Gasteiger partial charge on any atom is -0.465 e. The summed E-state index contributed by atoms with van der Waals surface area (Å²) >= 11 is 0. The molecule has 186 valence electrons. The van der Waals surface area contributed by atoms with Crippen molar-refractivity contribution in [3.8, 4) is 0 Å².